The summed E-state index contributed by atoms with van der Waals surface area (Å²) in [5.41, 5.74) is 1.07. The van der Waals surface area contributed by atoms with Crippen LogP contribution in [0.2, 0.25) is 0 Å². The summed E-state index contributed by atoms with van der Waals surface area (Å²) < 4.78 is 5.63. The SMILES string of the molecule is Cc1ccccc1OCC(O)CN(C)CC(O)C1CC1. The lowest BCUT2D eigenvalue weighted by molar-refractivity contribution is 0.0507. The highest BCUT2D eigenvalue weighted by atomic mass is 16.5. The van der Waals surface area contributed by atoms with Crippen molar-refractivity contribution < 1.29 is 14.9 Å². The minimum absolute atomic E-state index is 0.260. The monoisotopic (exact) mass is 279 g/mol. The molecule has 4 nitrogen and oxygen atoms in total. The molecule has 0 bridgehead atoms. The Balaban J connectivity index is 1.69. The van der Waals surface area contributed by atoms with E-state index in [9.17, 15) is 10.2 Å². The average molecular weight is 279 g/mol. The first kappa shape index (κ1) is 15.3. The quantitative estimate of drug-likeness (QED) is 0.756. The van der Waals surface area contributed by atoms with Gasteiger partial charge >= 0.3 is 0 Å². The van der Waals surface area contributed by atoms with Crippen molar-refractivity contribution in [3.8, 4) is 5.75 Å². The molecular weight excluding hydrogens is 254 g/mol. The Morgan fingerprint density at radius 3 is 2.60 bits per heavy atom. The van der Waals surface area contributed by atoms with Gasteiger partial charge in [-0.2, -0.15) is 0 Å². The maximum atomic E-state index is 9.99. The Kier molecular flexibility index (Phi) is 5.40. The van der Waals surface area contributed by atoms with Crippen molar-refractivity contribution in [2.24, 2.45) is 5.92 Å². The van der Waals surface area contributed by atoms with Gasteiger partial charge in [-0.05, 0) is 44.4 Å². The van der Waals surface area contributed by atoms with Gasteiger partial charge in [-0.3, -0.25) is 0 Å². The number of aliphatic hydroxyl groups excluding tert-OH is 2. The minimum atomic E-state index is -0.550. The lowest BCUT2D eigenvalue weighted by Gasteiger charge is -2.23. The molecule has 0 aliphatic heterocycles. The molecule has 0 saturated heterocycles. The number of para-hydroxylation sites is 1. The van der Waals surface area contributed by atoms with Gasteiger partial charge in [0.25, 0.3) is 0 Å². The normalized spacial score (nSPS) is 18.1. The van der Waals surface area contributed by atoms with E-state index >= 15 is 0 Å². The van der Waals surface area contributed by atoms with Crippen molar-refractivity contribution in [2.75, 3.05) is 26.7 Å². The van der Waals surface area contributed by atoms with Crippen molar-refractivity contribution in [1.82, 2.24) is 4.90 Å². The summed E-state index contributed by atoms with van der Waals surface area (Å²) in [6.07, 6.45) is 1.46. The van der Waals surface area contributed by atoms with Crippen LogP contribution in [0.3, 0.4) is 0 Å². The van der Waals surface area contributed by atoms with E-state index in [2.05, 4.69) is 0 Å². The average Bonchev–Trinajstić information content (AvgIpc) is 3.21. The largest absolute Gasteiger partial charge is 0.491 e. The molecule has 0 aromatic heterocycles. The van der Waals surface area contributed by atoms with Crippen molar-refractivity contribution in [3.05, 3.63) is 29.8 Å². The van der Waals surface area contributed by atoms with Crippen LogP contribution >= 0.6 is 0 Å². The number of rotatable bonds is 8. The van der Waals surface area contributed by atoms with Gasteiger partial charge in [-0.1, -0.05) is 18.2 Å². The fourth-order valence-corrected chi connectivity index (χ4v) is 2.34. The summed E-state index contributed by atoms with van der Waals surface area (Å²) in [5.74, 6) is 1.28. The molecule has 1 fully saturated rings. The van der Waals surface area contributed by atoms with Crippen LogP contribution in [0.25, 0.3) is 0 Å². The van der Waals surface area contributed by atoms with E-state index in [4.69, 9.17) is 4.74 Å². The highest BCUT2D eigenvalue weighted by Crippen LogP contribution is 2.32. The smallest absolute Gasteiger partial charge is 0.122 e. The van der Waals surface area contributed by atoms with Crippen molar-refractivity contribution >= 4 is 0 Å². The topological polar surface area (TPSA) is 52.9 Å². The molecule has 2 atom stereocenters. The Labute approximate surface area is 121 Å². The molecule has 112 valence electrons. The van der Waals surface area contributed by atoms with Crippen molar-refractivity contribution in [3.63, 3.8) is 0 Å². The highest BCUT2D eigenvalue weighted by Gasteiger charge is 2.30. The molecule has 1 aromatic rings. The minimum Gasteiger partial charge on any atom is -0.491 e. The summed E-state index contributed by atoms with van der Waals surface area (Å²) >= 11 is 0. The second-order valence-corrected chi connectivity index (χ2v) is 5.86. The molecule has 1 aromatic carbocycles. The molecular formula is C16H25NO3. The van der Waals surface area contributed by atoms with E-state index in [-0.39, 0.29) is 12.7 Å². The molecule has 2 N–H and O–H groups in total. The Morgan fingerprint density at radius 1 is 1.25 bits per heavy atom. The maximum absolute atomic E-state index is 9.99. The second-order valence-electron chi connectivity index (χ2n) is 5.86. The number of benzene rings is 1. The van der Waals surface area contributed by atoms with Crippen LogP contribution < -0.4 is 4.74 Å². The van der Waals surface area contributed by atoms with Crippen LogP contribution in [0.15, 0.2) is 24.3 Å². The van der Waals surface area contributed by atoms with Crippen molar-refractivity contribution in [1.29, 1.82) is 0 Å². The van der Waals surface area contributed by atoms with Gasteiger partial charge in [0.1, 0.15) is 18.5 Å². The van der Waals surface area contributed by atoms with Crippen LogP contribution in [0, 0.1) is 12.8 Å². The summed E-state index contributed by atoms with van der Waals surface area (Å²) in [7, 11) is 1.92. The molecule has 2 unspecified atom stereocenters. The van der Waals surface area contributed by atoms with E-state index < -0.39 is 6.10 Å². The molecule has 1 aliphatic carbocycles. The maximum Gasteiger partial charge on any atom is 0.122 e. The lowest BCUT2D eigenvalue weighted by Crippen LogP contribution is -2.38. The first-order valence-corrected chi connectivity index (χ1v) is 7.29. The number of hydrogen-bond acceptors (Lipinski definition) is 4. The van der Waals surface area contributed by atoms with Crippen LogP contribution in [0.4, 0.5) is 0 Å². The predicted octanol–water partition coefficient (Wildman–Crippen LogP) is 1.44. The number of hydrogen-bond donors (Lipinski definition) is 2. The molecule has 1 aliphatic rings. The molecule has 0 radical (unpaired) electrons. The molecule has 0 spiro atoms. The first-order chi connectivity index (χ1) is 9.56. The molecule has 1 saturated carbocycles. The molecule has 0 heterocycles. The third-order valence-corrected chi connectivity index (χ3v) is 3.71. The van der Waals surface area contributed by atoms with Crippen LogP contribution in [-0.4, -0.2) is 54.1 Å². The van der Waals surface area contributed by atoms with E-state index in [0.717, 1.165) is 24.2 Å². The summed E-state index contributed by atoms with van der Waals surface area (Å²) in [4.78, 5) is 1.97. The van der Waals surface area contributed by atoms with E-state index in [1.54, 1.807) is 0 Å². The zero-order valence-corrected chi connectivity index (χ0v) is 12.3. The van der Waals surface area contributed by atoms with Gasteiger partial charge < -0.3 is 19.8 Å². The van der Waals surface area contributed by atoms with Crippen LogP contribution in [-0.2, 0) is 0 Å². The molecule has 20 heavy (non-hydrogen) atoms. The second kappa shape index (κ2) is 7.07. The number of ether oxygens (including phenoxy) is 1. The number of likely N-dealkylation sites (N-methyl/N-ethyl adjacent to an activating group) is 1. The van der Waals surface area contributed by atoms with Gasteiger partial charge in [0.15, 0.2) is 0 Å². The van der Waals surface area contributed by atoms with E-state index in [0.29, 0.717) is 19.0 Å². The van der Waals surface area contributed by atoms with E-state index in [1.165, 1.54) is 0 Å². The van der Waals surface area contributed by atoms with Gasteiger partial charge in [0.2, 0.25) is 0 Å². The van der Waals surface area contributed by atoms with Crippen LogP contribution in [0.5, 0.6) is 5.75 Å². The molecule has 0 amide bonds. The molecule has 4 heteroatoms. The first-order valence-electron chi connectivity index (χ1n) is 7.29. The summed E-state index contributed by atoms with van der Waals surface area (Å²) in [5, 5.41) is 19.9. The van der Waals surface area contributed by atoms with Crippen molar-refractivity contribution in [2.45, 2.75) is 32.0 Å². The third-order valence-electron chi connectivity index (χ3n) is 3.71. The number of nitrogens with zero attached hydrogens (tertiary/aromatic N) is 1. The van der Waals surface area contributed by atoms with Gasteiger partial charge in [-0.25, -0.2) is 0 Å². The van der Waals surface area contributed by atoms with Crippen LogP contribution in [0.1, 0.15) is 18.4 Å². The predicted molar refractivity (Wildman–Crippen MR) is 78.9 cm³/mol. The standard InChI is InChI=1S/C16H25NO3/c1-12-5-3-4-6-16(12)20-11-14(18)9-17(2)10-15(19)13-7-8-13/h3-6,13-15,18-19H,7-11H2,1-2H3. The molecule has 2 rings (SSSR count). The van der Waals surface area contributed by atoms with Gasteiger partial charge in [0.05, 0.1) is 6.10 Å². The highest BCUT2D eigenvalue weighted by molar-refractivity contribution is 5.31. The zero-order chi connectivity index (χ0) is 14.5. The Morgan fingerprint density at radius 2 is 1.95 bits per heavy atom. The Hall–Kier alpha value is -1.10. The summed E-state index contributed by atoms with van der Waals surface area (Å²) in [6, 6.07) is 7.78. The van der Waals surface area contributed by atoms with Gasteiger partial charge in [-0.15, -0.1) is 0 Å². The zero-order valence-electron chi connectivity index (χ0n) is 12.3. The lowest BCUT2D eigenvalue weighted by atomic mass is 10.2. The summed E-state index contributed by atoms with van der Waals surface area (Å²) in [6.45, 7) is 3.39. The third kappa shape index (κ3) is 4.78. The van der Waals surface area contributed by atoms with E-state index in [1.807, 2.05) is 43.1 Å². The Bertz CT molecular complexity index is 420. The number of aliphatic hydroxyl groups is 2. The number of aryl methyl sites for hydroxylation is 1. The fraction of sp³-hybridized carbons (Fsp3) is 0.625. The fourth-order valence-electron chi connectivity index (χ4n) is 2.34. The van der Waals surface area contributed by atoms with Gasteiger partial charge in [0, 0.05) is 13.1 Å².